The molecule has 7 heteroatoms. The summed E-state index contributed by atoms with van der Waals surface area (Å²) in [6, 6.07) is 0. The highest BCUT2D eigenvalue weighted by molar-refractivity contribution is 7.21. The van der Waals surface area contributed by atoms with Crippen LogP contribution in [0.2, 0.25) is 0 Å². The molecule has 1 aliphatic rings. The maximum absolute atomic E-state index is 12.5. The summed E-state index contributed by atoms with van der Waals surface area (Å²) in [6.07, 6.45) is 4.17. The molecule has 1 aliphatic heterocycles. The summed E-state index contributed by atoms with van der Waals surface area (Å²) < 4.78 is 0. The van der Waals surface area contributed by atoms with Gasteiger partial charge in [0.1, 0.15) is 15.2 Å². The Morgan fingerprint density at radius 2 is 2.16 bits per heavy atom. The summed E-state index contributed by atoms with van der Waals surface area (Å²) in [5.41, 5.74) is 7.11. The number of carbonyl (C=O) groups is 1. The highest BCUT2D eigenvalue weighted by Gasteiger charge is 2.23. The van der Waals surface area contributed by atoms with Crippen molar-refractivity contribution in [2.45, 2.75) is 6.42 Å². The van der Waals surface area contributed by atoms with Gasteiger partial charge in [0.2, 0.25) is 0 Å². The van der Waals surface area contributed by atoms with Crippen LogP contribution in [0.1, 0.15) is 16.1 Å². The van der Waals surface area contributed by atoms with E-state index in [1.54, 1.807) is 12.4 Å². The van der Waals surface area contributed by atoms with Crippen LogP contribution in [0.25, 0.3) is 10.3 Å². The molecule has 0 aliphatic carbocycles. The second-order valence-electron chi connectivity index (χ2n) is 4.45. The molecule has 1 fully saturated rings. The average molecular weight is 277 g/mol. The molecule has 0 saturated carbocycles. The number of hydrogen-bond acceptors (Lipinski definition) is 6. The normalized spacial score (nSPS) is 16.5. The fourth-order valence-electron chi connectivity index (χ4n) is 2.20. The molecule has 1 amide bonds. The molecule has 3 N–H and O–H groups in total. The van der Waals surface area contributed by atoms with E-state index in [1.807, 2.05) is 4.90 Å². The van der Waals surface area contributed by atoms with Gasteiger partial charge in [-0.1, -0.05) is 0 Å². The van der Waals surface area contributed by atoms with Crippen molar-refractivity contribution in [1.82, 2.24) is 20.2 Å². The summed E-state index contributed by atoms with van der Waals surface area (Å²) in [5, 5.41) is 3.28. The van der Waals surface area contributed by atoms with Gasteiger partial charge in [-0.15, -0.1) is 11.3 Å². The highest BCUT2D eigenvalue weighted by Crippen LogP contribution is 2.31. The van der Waals surface area contributed by atoms with Crippen LogP contribution < -0.4 is 11.1 Å². The number of aromatic nitrogens is 2. The Bertz CT molecular complexity index is 603. The first-order chi connectivity index (χ1) is 9.27. The van der Waals surface area contributed by atoms with Gasteiger partial charge in [0.25, 0.3) is 5.91 Å². The van der Waals surface area contributed by atoms with E-state index in [1.165, 1.54) is 11.3 Å². The van der Waals surface area contributed by atoms with Gasteiger partial charge in [-0.2, -0.15) is 0 Å². The van der Waals surface area contributed by atoms with Crippen LogP contribution >= 0.6 is 11.3 Å². The number of anilines is 1. The van der Waals surface area contributed by atoms with Gasteiger partial charge in [0.15, 0.2) is 0 Å². The SMILES string of the molecule is Nc1c(C(=O)N2CCCNCC2)sc2nccnc12. The predicted molar refractivity (Wildman–Crippen MR) is 75.2 cm³/mol. The van der Waals surface area contributed by atoms with E-state index < -0.39 is 0 Å². The summed E-state index contributed by atoms with van der Waals surface area (Å²) in [7, 11) is 0. The van der Waals surface area contributed by atoms with Crippen molar-refractivity contribution in [2.75, 3.05) is 31.9 Å². The van der Waals surface area contributed by atoms with Gasteiger partial charge in [-0.05, 0) is 13.0 Å². The zero-order valence-electron chi connectivity index (χ0n) is 10.4. The number of nitrogens with zero attached hydrogens (tertiary/aromatic N) is 3. The zero-order valence-corrected chi connectivity index (χ0v) is 11.2. The minimum absolute atomic E-state index is 0.00833. The topological polar surface area (TPSA) is 84.1 Å². The molecule has 0 aromatic carbocycles. The Hall–Kier alpha value is -1.73. The van der Waals surface area contributed by atoms with E-state index in [0.717, 1.165) is 30.9 Å². The van der Waals surface area contributed by atoms with Crippen molar-refractivity contribution in [3.8, 4) is 0 Å². The average Bonchev–Trinajstić information content (AvgIpc) is 2.64. The number of thiophene rings is 1. The molecule has 3 heterocycles. The van der Waals surface area contributed by atoms with E-state index in [9.17, 15) is 4.79 Å². The van der Waals surface area contributed by atoms with Gasteiger partial charge in [-0.25, -0.2) is 9.97 Å². The first kappa shape index (κ1) is 12.3. The molecule has 1 saturated heterocycles. The number of fused-ring (bicyclic) bond motifs is 1. The lowest BCUT2D eigenvalue weighted by atomic mass is 10.3. The first-order valence-electron chi connectivity index (χ1n) is 6.26. The summed E-state index contributed by atoms with van der Waals surface area (Å²) in [5.74, 6) is -0.00833. The quantitative estimate of drug-likeness (QED) is 0.802. The number of rotatable bonds is 1. The Balaban J connectivity index is 1.94. The Labute approximate surface area is 114 Å². The van der Waals surface area contributed by atoms with Crippen LogP contribution in [0.4, 0.5) is 5.69 Å². The number of carbonyl (C=O) groups excluding carboxylic acids is 1. The van der Waals surface area contributed by atoms with Crippen molar-refractivity contribution >= 4 is 33.3 Å². The third kappa shape index (κ3) is 2.26. The number of nitrogen functional groups attached to an aromatic ring is 1. The third-order valence-electron chi connectivity index (χ3n) is 3.18. The minimum Gasteiger partial charge on any atom is -0.396 e. The van der Waals surface area contributed by atoms with Crippen LogP contribution in [0.5, 0.6) is 0 Å². The molecule has 0 unspecified atom stereocenters. The minimum atomic E-state index is -0.00833. The first-order valence-corrected chi connectivity index (χ1v) is 7.08. The molecule has 2 aromatic heterocycles. The maximum Gasteiger partial charge on any atom is 0.266 e. The van der Waals surface area contributed by atoms with Gasteiger partial charge >= 0.3 is 0 Å². The second kappa shape index (κ2) is 5.10. The zero-order chi connectivity index (χ0) is 13.2. The van der Waals surface area contributed by atoms with Gasteiger partial charge in [-0.3, -0.25) is 4.79 Å². The van der Waals surface area contributed by atoms with Gasteiger partial charge in [0.05, 0.1) is 5.69 Å². The molecule has 100 valence electrons. The molecule has 3 rings (SSSR count). The molecule has 19 heavy (non-hydrogen) atoms. The number of nitrogens with two attached hydrogens (primary N) is 1. The molecule has 0 radical (unpaired) electrons. The van der Waals surface area contributed by atoms with Gasteiger partial charge < -0.3 is 16.0 Å². The summed E-state index contributed by atoms with van der Waals surface area (Å²) in [4.78, 5) is 24.0. The van der Waals surface area contributed by atoms with Crippen LogP contribution in [-0.2, 0) is 0 Å². The van der Waals surface area contributed by atoms with Crippen LogP contribution in [0.3, 0.4) is 0 Å². The number of hydrogen-bond donors (Lipinski definition) is 2. The fraction of sp³-hybridized carbons (Fsp3) is 0.417. The van der Waals surface area contributed by atoms with Crippen LogP contribution in [-0.4, -0.2) is 47.0 Å². The van der Waals surface area contributed by atoms with Crippen molar-refractivity contribution in [1.29, 1.82) is 0 Å². The lowest BCUT2D eigenvalue weighted by Gasteiger charge is -2.19. The largest absolute Gasteiger partial charge is 0.396 e. The monoisotopic (exact) mass is 277 g/mol. The van der Waals surface area contributed by atoms with E-state index in [4.69, 9.17) is 5.73 Å². The molecule has 0 atom stereocenters. The predicted octanol–water partition coefficient (Wildman–Crippen LogP) is 0.709. The maximum atomic E-state index is 12.5. The Kier molecular flexibility index (Phi) is 3.31. The standard InChI is InChI=1S/C12H15N5OS/c13-8-9-11(16-4-3-15-9)19-10(8)12(18)17-6-1-2-14-5-7-17/h3-4,14H,1-2,5-7,13H2. The number of amides is 1. The van der Waals surface area contributed by atoms with Crippen molar-refractivity contribution < 1.29 is 4.79 Å². The highest BCUT2D eigenvalue weighted by atomic mass is 32.1. The van der Waals surface area contributed by atoms with Crippen LogP contribution in [0.15, 0.2) is 12.4 Å². The Morgan fingerprint density at radius 1 is 1.32 bits per heavy atom. The van der Waals surface area contributed by atoms with Crippen molar-refractivity contribution in [3.05, 3.63) is 17.3 Å². The molecule has 0 spiro atoms. The van der Waals surface area contributed by atoms with Crippen LogP contribution in [0, 0.1) is 0 Å². The second-order valence-corrected chi connectivity index (χ2v) is 5.45. The molecular formula is C12H15N5OS. The van der Waals surface area contributed by atoms with E-state index in [2.05, 4.69) is 15.3 Å². The molecule has 2 aromatic rings. The fourth-order valence-corrected chi connectivity index (χ4v) is 3.18. The molecule has 0 bridgehead atoms. The van der Waals surface area contributed by atoms with E-state index >= 15 is 0 Å². The Morgan fingerprint density at radius 3 is 3.00 bits per heavy atom. The summed E-state index contributed by atoms with van der Waals surface area (Å²) >= 11 is 1.32. The number of nitrogens with one attached hydrogen (secondary N) is 1. The van der Waals surface area contributed by atoms with Gasteiger partial charge in [0, 0.05) is 32.0 Å². The summed E-state index contributed by atoms with van der Waals surface area (Å²) in [6.45, 7) is 3.26. The lowest BCUT2D eigenvalue weighted by molar-refractivity contribution is 0.0772. The third-order valence-corrected chi connectivity index (χ3v) is 4.28. The van der Waals surface area contributed by atoms with E-state index in [-0.39, 0.29) is 5.91 Å². The molecule has 6 nitrogen and oxygen atoms in total. The van der Waals surface area contributed by atoms with Crippen molar-refractivity contribution in [3.63, 3.8) is 0 Å². The molecular weight excluding hydrogens is 262 g/mol. The van der Waals surface area contributed by atoms with Crippen molar-refractivity contribution in [2.24, 2.45) is 0 Å². The lowest BCUT2D eigenvalue weighted by Crippen LogP contribution is -2.34. The smallest absolute Gasteiger partial charge is 0.266 e. The van der Waals surface area contributed by atoms with E-state index in [0.29, 0.717) is 22.6 Å².